The van der Waals surface area contributed by atoms with Crippen LogP contribution in [0.15, 0.2) is 18.2 Å². The summed E-state index contributed by atoms with van der Waals surface area (Å²) >= 11 is 0. The minimum atomic E-state index is -0.356. The Kier molecular flexibility index (Phi) is 3.48. The maximum Gasteiger partial charge on any atom is 0.221 e. The molecule has 4 rings (SSSR count). The molecule has 0 aliphatic heterocycles. The van der Waals surface area contributed by atoms with Crippen molar-refractivity contribution in [2.24, 2.45) is 28.9 Å². The topological polar surface area (TPSA) is 69.4 Å². The second-order valence-electron chi connectivity index (χ2n) is 7.99. The van der Waals surface area contributed by atoms with Gasteiger partial charge in [0.1, 0.15) is 11.5 Å². The van der Waals surface area contributed by atoms with E-state index in [2.05, 4.69) is 19.1 Å². The Morgan fingerprint density at radius 3 is 2.83 bits per heavy atom. The highest BCUT2D eigenvalue weighted by molar-refractivity contribution is 5.94. The number of carbonyl (C=O) groups is 2. The number of nitrogens with two attached hydrogens (primary N) is 1. The van der Waals surface area contributed by atoms with Crippen molar-refractivity contribution in [1.82, 2.24) is 0 Å². The molecular formula is C20H25NO3. The molecule has 24 heavy (non-hydrogen) atoms. The van der Waals surface area contributed by atoms with E-state index in [0.29, 0.717) is 18.3 Å². The van der Waals surface area contributed by atoms with Crippen LogP contribution >= 0.6 is 0 Å². The van der Waals surface area contributed by atoms with Gasteiger partial charge < -0.3 is 10.5 Å². The summed E-state index contributed by atoms with van der Waals surface area (Å²) in [7, 11) is 1.70. The van der Waals surface area contributed by atoms with E-state index >= 15 is 0 Å². The van der Waals surface area contributed by atoms with Gasteiger partial charge in [0, 0.05) is 17.8 Å². The molecule has 3 aliphatic rings. The van der Waals surface area contributed by atoms with E-state index in [9.17, 15) is 9.59 Å². The predicted molar refractivity (Wildman–Crippen MR) is 90.7 cm³/mol. The second-order valence-corrected chi connectivity index (χ2v) is 7.99. The quantitative estimate of drug-likeness (QED) is 0.908. The van der Waals surface area contributed by atoms with Crippen molar-refractivity contribution in [1.29, 1.82) is 0 Å². The molecule has 3 aliphatic carbocycles. The van der Waals surface area contributed by atoms with Gasteiger partial charge in [-0.05, 0) is 66.7 Å². The van der Waals surface area contributed by atoms with E-state index in [0.717, 1.165) is 31.4 Å². The van der Waals surface area contributed by atoms with E-state index in [4.69, 9.17) is 10.5 Å². The molecule has 4 nitrogen and oxygen atoms in total. The molecule has 2 fully saturated rings. The number of carbonyl (C=O) groups excluding carboxylic acids is 2. The molecule has 2 saturated carbocycles. The zero-order valence-corrected chi connectivity index (χ0v) is 14.4. The van der Waals surface area contributed by atoms with Gasteiger partial charge in [0.05, 0.1) is 7.11 Å². The molecule has 1 amide bonds. The summed E-state index contributed by atoms with van der Waals surface area (Å²) in [5.74, 6) is 1.50. The van der Waals surface area contributed by atoms with Crippen LogP contribution in [0.4, 0.5) is 0 Å². The van der Waals surface area contributed by atoms with Crippen molar-refractivity contribution in [2.75, 3.05) is 7.11 Å². The zero-order valence-electron chi connectivity index (χ0n) is 14.4. The van der Waals surface area contributed by atoms with E-state index in [1.54, 1.807) is 7.11 Å². The number of amides is 1. The number of hydrogen-bond donors (Lipinski definition) is 1. The molecule has 0 heterocycles. The summed E-state index contributed by atoms with van der Waals surface area (Å²) in [4.78, 5) is 24.6. The van der Waals surface area contributed by atoms with Crippen molar-refractivity contribution >= 4 is 11.7 Å². The highest BCUT2D eigenvalue weighted by Gasteiger charge is 2.60. The van der Waals surface area contributed by atoms with Crippen LogP contribution in [0.3, 0.4) is 0 Å². The van der Waals surface area contributed by atoms with Crippen LogP contribution in [0.2, 0.25) is 0 Å². The van der Waals surface area contributed by atoms with Gasteiger partial charge in [-0.3, -0.25) is 9.59 Å². The van der Waals surface area contributed by atoms with Gasteiger partial charge in [0.2, 0.25) is 5.91 Å². The Morgan fingerprint density at radius 2 is 2.12 bits per heavy atom. The molecule has 0 unspecified atom stereocenters. The standard InChI is InChI=1S/C20H25NO3/c1-20-8-7-14-13-6-4-12(24-2)9-11(13)3-5-15(14)18(20)16(19(21)23)10-17(20)22/h4,6,9,14-16,18H,3,5,7-8,10H2,1-2H3,(H2,21,23)/t14-,15-,16+,18-,20-/m1/s1. The lowest BCUT2D eigenvalue weighted by molar-refractivity contribution is -0.129. The molecule has 0 aromatic heterocycles. The predicted octanol–water partition coefficient (Wildman–Crippen LogP) is 2.83. The number of methoxy groups -OCH3 is 1. The number of rotatable bonds is 2. The second kappa shape index (κ2) is 5.33. The molecule has 128 valence electrons. The van der Waals surface area contributed by atoms with Crippen LogP contribution in [-0.2, 0) is 16.0 Å². The number of primary amides is 1. The molecule has 1 aromatic carbocycles. The Bertz CT molecular complexity index is 713. The van der Waals surface area contributed by atoms with E-state index in [1.807, 2.05) is 6.07 Å². The minimum Gasteiger partial charge on any atom is -0.497 e. The highest BCUT2D eigenvalue weighted by atomic mass is 16.5. The lowest BCUT2D eigenvalue weighted by atomic mass is 9.54. The third-order valence-electron chi connectivity index (χ3n) is 7.03. The SMILES string of the molecule is COc1ccc2c(c1)CC[C@H]1[C@@H]3[C@@H](C(N)=O)CC(=O)[C@@]3(C)CC[C@H]21. The average molecular weight is 327 g/mol. The van der Waals surface area contributed by atoms with Gasteiger partial charge in [0.25, 0.3) is 0 Å². The molecule has 0 radical (unpaired) electrons. The Labute approximate surface area is 142 Å². The van der Waals surface area contributed by atoms with Crippen molar-refractivity contribution in [2.45, 2.75) is 44.9 Å². The summed E-state index contributed by atoms with van der Waals surface area (Å²) in [6, 6.07) is 6.36. The van der Waals surface area contributed by atoms with Gasteiger partial charge in [-0.1, -0.05) is 13.0 Å². The molecule has 0 spiro atoms. The number of ketones is 1. The number of hydrogen-bond acceptors (Lipinski definition) is 3. The summed E-state index contributed by atoms with van der Waals surface area (Å²) in [6.07, 6.45) is 4.25. The first-order valence-electron chi connectivity index (χ1n) is 8.95. The zero-order chi connectivity index (χ0) is 17.1. The summed E-state index contributed by atoms with van der Waals surface area (Å²) < 4.78 is 5.36. The summed E-state index contributed by atoms with van der Waals surface area (Å²) in [5.41, 5.74) is 8.06. The molecule has 5 atom stereocenters. The first-order valence-corrected chi connectivity index (χ1v) is 8.95. The van der Waals surface area contributed by atoms with E-state index in [1.165, 1.54) is 11.1 Å². The molecular weight excluding hydrogens is 302 g/mol. The smallest absolute Gasteiger partial charge is 0.221 e. The molecule has 0 bridgehead atoms. The fourth-order valence-electron chi connectivity index (χ4n) is 5.84. The van der Waals surface area contributed by atoms with E-state index in [-0.39, 0.29) is 28.9 Å². The molecule has 4 heteroatoms. The van der Waals surface area contributed by atoms with Crippen LogP contribution in [-0.4, -0.2) is 18.8 Å². The van der Waals surface area contributed by atoms with Crippen molar-refractivity contribution in [3.63, 3.8) is 0 Å². The lowest BCUT2D eigenvalue weighted by Gasteiger charge is -2.49. The Morgan fingerprint density at radius 1 is 1.33 bits per heavy atom. The normalized spacial score (nSPS) is 37.3. The maximum atomic E-state index is 12.6. The largest absolute Gasteiger partial charge is 0.497 e. The number of Topliss-reactive ketones (excluding diaryl/α,β-unsaturated/α-hetero) is 1. The van der Waals surface area contributed by atoms with Crippen molar-refractivity contribution in [3.8, 4) is 5.75 Å². The van der Waals surface area contributed by atoms with Crippen LogP contribution in [0, 0.1) is 23.2 Å². The van der Waals surface area contributed by atoms with Gasteiger partial charge >= 0.3 is 0 Å². The fraction of sp³-hybridized carbons (Fsp3) is 0.600. The average Bonchev–Trinajstić information content (AvgIpc) is 2.86. The Hall–Kier alpha value is -1.84. The fourth-order valence-corrected chi connectivity index (χ4v) is 5.84. The van der Waals surface area contributed by atoms with Crippen LogP contribution in [0.1, 0.15) is 49.7 Å². The number of benzene rings is 1. The number of aryl methyl sites for hydroxylation is 1. The monoisotopic (exact) mass is 327 g/mol. The number of ether oxygens (including phenoxy) is 1. The lowest BCUT2D eigenvalue weighted by Crippen LogP contribution is -2.46. The number of fused-ring (bicyclic) bond motifs is 5. The Balaban J connectivity index is 1.74. The van der Waals surface area contributed by atoms with Crippen LogP contribution in [0.25, 0.3) is 0 Å². The van der Waals surface area contributed by atoms with Crippen molar-refractivity contribution < 1.29 is 14.3 Å². The minimum absolute atomic E-state index is 0.108. The third kappa shape index (κ3) is 2.04. The summed E-state index contributed by atoms with van der Waals surface area (Å²) in [6.45, 7) is 2.07. The van der Waals surface area contributed by atoms with E-state index < -0.39 is 0 Å². The van der Waals surface area contributed by atoms with Crippen molar-refractivity contribution in [3.05, 3.63) is 29.3 Å². The third-order valence-corrected chi connectivity index (χ3v) is 7.03. The molecule has 1 aromatic rings. The summed E-state index contributed by atoms with van der Waals surface area (Å²) in [5, 5.41) is 0. The van der Waals surface area contributed by atoms with Crippen LogP contribution < -0.4 is 10.5 Å². The molecule has 2 N–H and O–H groups in total. The van der Waals surface area contributed by atoms with Gasteiger partial charge in [-0.25, -0.2) is 0 Å². The van der Waals surface area contributed by atoms with Gasteiger partial charge in [-0.2, -0.15) is 0 Å². The first-order chi connectivity index (χ1) is 11.5. The maximum absolute atomic E-state index is 12.6. The highest BCUT2D eigenvalue weighted by Crippen LogP contribution is 2.61. The van der Waals surface area contributed by atoms with Crippen LogP contribution in [0.5, 0.6) is 5.75 Å². The van der Waals surface area contributed by atoms with Gasteiger partial charge in [0.15, 0.2) is 0 Å². The van der Waals surface area contributed by atoms with Gasteiger partial charge in [-0.15, -0.1) is 0 Å². The first kappa shape index (κ1) is 15.7. The molecule has 0 saturated heterocycles.